The number of aliphatic hydroxyl groups excluding tert-OH is 1. The highest BCUT2D eigenvalue weighted by molar-refractivity contribution is 5.97. The van der Waals surface area contributed by atoms with Crippen molar-refractivity contribution in [2.24, 2.45) is 5.92 Å². The minimum atomic E-state index is -0.849. The van der Waals surface area contributed by atoms with E-state index < -0.39 is 12.1 Å². The minimum absolute atomic E-state index is 0.126. The monoisotopic (exact) mass is 309 g/mol. The summed E-state index contributed by atoms with van der Waals surface area (Å²) in [5.74, 6) is 0.476. The maximum atomic E-state index is 12.4. The normalized spacial score (nSPS) is 32.5. The maximum absolute atomic E-state index is 12.4. The van der Waals surface area contributed by atoms with E-state index in [-0.39, 0.29) is 17.9 Å². The fourth-order valence-corrected chi connectivity index (χ4v) is 4.05. The standard InChI is InChI=1S/C16H27N3O3/c1-11(20)14-16(22)19-8-7-18(10-13(19)15(21)17-14)9-12-5-3-2-4-6-12/h11-14,20H,2-10H2,1H3,(H,17,21)/t11-,13+,14+/m0/s1. The van der Waals surface area contributed by atoms with Crippen molar-refractivity contribution in [1.82, 2.24) is 15.1 Å². The second-order valence-corrected chi connectivity index (χ2v) is 7.04. The molecule has 1 aliphatic carbocycles. The molecule has 0 unspecified atom stereocenters. The molecule has 3 aliphatic rings. The topological polar surface area (TPSA) is 72.9 Å². The molecule has 2 N–H and O–H groups in total. The van der Waals surface area contributed by atoms with Crippen LogP contribution in [0.1, 0.15) is 39.0 Å². The van der Waals surface area contributed by atoms with Crippen LogP contribution in [0.5, 0.6) is 0 Å². The molecule has 6 heteroatoms. The van der Waals surface area contributed by atoms with Crippen LogP contribution in [-0.2, 0) is 9.59 Å². The van der Waals surface area contributed by atoms with Crippen LogP contribution < -0.4 is 5.32 Å². The number of fused-ring (bicyclic) bond motifs is 1. The predicted molar refractivity (Wildman–Crippen MR) is 82.1 cm³/mol. The first-order valence-electron chi connectivity index (χ1n) is 8.57. The van der Waals surface area contributed by atoms with Crippen molar-refractivity contribution < 1.29 is 14.7 Å². The lowest BCUT2D eigenvalue weighted by Gasteiger charge is -2.46. The summed E-state index contributed by atoms with van der Waals surface area (Å²) in [5, 5.41) is 12.3. The van der Waals surface area contributed by atoms with Gasteiger partial charge in [-0.15, -0.1) is 0 Å². The summed E-state index contributed by atoms with van der Waals surface area (Å²) < 4.78 is 0. The van der Waals surface area contributed by atoms with Gasteiger partial charge in [-0.1, -0.05) is 19.3 Å². The van der Waals surface area contributed by atoms with Crippen LogP contribution in [-0.4, -0.2) is 71.1 Å². The molecule has 0 aromatic rings. The van der Waals surface area contributed by atoms with Crippen molar-refractivity contribution >= 4 is 11.8 Å². The Kier molecular flexibility index (Phi) is 4.68. The van der Waals surface area contributed by atoms with Gasteiger partial charge in [-0.05, 0) is 25.7 Å². The van der Waals surface area contributed by atoms with Crippen molar-refractivity contribution in [1.29, 1.82) is 0 Å². The first-order chi connectivity index (χ1) is 10.6. The van der Waals surface area contributed by atoms with E-state index in [1.807, 2.05) is 0 Å². The van der Waals surface area contributed by atoms with Gasteiger partial charge in [0.1, 0.15) is 12.1 Å². The van der Waals surface area contributed by atoms with Crippen LogP contribution in [0.4, 0.5) is 0 Å². The van der Waals surface area contributed by atoms with E-state index in [4.69, 9.17) is 0 Å². The van der Waals surface area contributed by atoms with Gasteiger partial charge in [-0.2, -0.15) is 0 Å². The zero-order valence-corrected chi connectivity index (χ0v) is 13.3. The largest absolute Gasteiger partial charge is 0.391 e. The average Bonchev–Trinajstić information content (AvgIpc) is 2.51. The number of amides is 2. The van der Waals surface area contributed by atoms with E-state index >= 15 is 0 Å². The Morgan fingerprint density at radius 2 is 1.95 bits per heavy atom. The fourth-order valence-electron chi connectivity index (χ4n) is 4.05. The van der Waals surface area contributed by atoms with Crippen molar-refractivity contribution in [3.8, 4) is 0 Å². The van der Waals surface area contributed by atoms with E-state index in [9.17, 15) is 14.7 Å². The fraction of sp³-hybridized carbons (Fsp3) is 0.875. The van der Waals surface area contributed by atoms with Crippen molar-refractivity contribution in [3.63, 3.8) is 0 Å². The number of carbonyl (C=O) groups excluding carboxylic acids is 2. The highest BCUT2D eigenvalue weighted by Crippen LogP contribution is 2.26. The summed E-state index contributed by atoms with van der Waals surface area (Å²) in [4.78, 5) is 28.7. The van der Waals surface area contributed by atoms with E-state index in [1.54, 1.807) is 11.8 Å². The van der Waals surface area contributed by atoms with Gasteiger partial charge < -0.3 is 15.3 Å². The molecular formula is C16H27N3O3. The van der Waals surface area contributed by atoms with Crippen LogP contribution >= 0.6 is 0 Å². The molecule has 0 aromatic carbocycles. The predicted octanol–water partition coefficient (Wildman–Crippen LogP) is -0.0413. The third-order valence-electron chi connectivity index (χ3n) is 5.34. The number of nitrogens with one attached hydrogen (secondary N) is 1. The van der Waals surface area contributed by atoms with Crippen molar-refractivity contribution in [3.05, 3.63) is 0 Å². The summed E-state index contributed by atoms with van der Waals surface area (Å²) in [6.07, 6.45) is 5.73. The van der Waals surface area contributed by atoms with Gasteiger partial charge >= 0.3 is 0 Å². The van der Waals surface area contributed by atoms with Gasteiger partial charge in [0.05, 0.1) is 6.10 Å². The lowest BCUT2D eigenvalue weighted by molar-refractivity contribution is -0.156. The van der Waals surface area contributed by atoms with Crippen LogP contribution in [0.2, 0.25) is 0 Å². The molecule has 3 rings (SSSR count). The summed E-state index contributed by atoms with van der Waals surface area (Å²) in [6.45, 7) is 4.64. The molecular weight excluding hydrogens is 282 g/mol. The molecule has 22 heavy (non-hydrogen) atoms. The SMILES string of the molecule is C[C@H](O)[C@H]1NC(=O)[C@H]2CN(CC3CCCCC3)CCN2C1=O. The minimum Gasteiger partial charge on any atom is -0.391 e. The molecule has 0 bridgehead atoms. The molecule has 2 amide bonds. The molecule has 0 radical (unpaired) electrons. The van der Waals surface area contributed by atoms with Crippen molar-refractivity contribution in [2.45, 2.75) is 57.2 Å². The molecule has 0 spiro atoms. The molecule has 124 valence electrons. The first-order valence-corrected chi connectivity index (χ1v) is 8.57. The molecule has 6 nitrogen and oxygen atoms in total. The van der Waals surface area contributed by atoms with Gasteiger partial charge in [0.25, 0.3) is 0 Å². The zero-order chi connectivity index (χ0) is 15.7. The van der Waals surface area contributed by atoms with Crippen LogP contribution in [0.15, 0.2) is 0 Å². The van der Waals surface area contributed by atoms with Crippen LogP contribution in [0.3, 0.4) is 0 Å². The quantitative estimate of drug-likeness (QED) is 0.767. The molecule has 1 saturated carbocycles. The Morgan fingerprint density at radius 1 is 1.23 bits per heavy atom. The third-order valence-corrected chi connectivity index (χ3v) is 5.34. The van der Waals surface area contributed by atoms with Gasteiger partial charge in [-0.25, -0.2) is 0 Å². The number of hydrogen-bond acceptors (Lipinski definition) is 4. The molecule has 3 fully saturated rings. The van der Waals surface area contributed by atoms with Gasteiger partial charge in [0, 0.05) is 26.2 Å². The summed E-state index contributed by atoms with van der Waals surface area (Å²) >= 11 is 0. The highest BCUT2D eigenvalue weighted by Gasteiger charge is 2.44. The molecule has 2 heterocycles. The number of carbonyl (C=O) groups is 2. The summed E-state index contributed by atoms with van der Waals surface area (Å²) in [6, 6.07) is -1.17. The summed E-state index contributed by atoms with van der Waals surface area (Å²) in [5.41, 5.74) is 0. The second-order valence-electron chi connectivity index (χ2n) is 7.04. The Bertz CT molecular complexity index is 434. The maximum Gasteiger partial charge on any atom is 0.248 e. The Balaban J connectivity index is 1.61. The Labute approximate surface area is 131 Å². The lowest BCUT2D eigenvalue weighted by atomic mass is 9.88. The molecule has 2 saturated heterocycles. The van der Waals surface area contributed by atoms with Crippen molar-refractivity contribution in [2.75, 3.05) is 26.2 Å². The number of nitrogens with zero attached hydrogens (tertiary/aromatic N) is 2. The number of aliphatic hydroxyl groups is 1. The highest BCUT2D eigenvalue weighted by atomic mass is 16.3. The number of hydrogen-bond donors (Lipinski definition) is 2. The first kappa shape index (κ1) is 15.7. The van der Waals surface area contributed by atoms with Gasteiger partial charge in [-0.3, -0.25) is 14.5 Å². The third kappa shape index (κ3) is 3.13. The smallest absolute Gasteiger partial charge is 0.248 e. The van der Waals surface area contributed by atoms with E-state index in [0.29, 0.717) is 13.1 Å². The van der Waals surface area contributed by atoms with Crippen LogP contribution in [0, 0.1) is 5.92 Å². The second kappa shape index (κ2) is 6.54. The Morgan fingerprint density at radius 3 is 2.64 bits per heavy atom. The molecule has 3 atom stereocenters. The van der Waals surface area contributed by atoms with Gasteiger partial charge in [0.2, 0.25) is 11.8 Å². The average molecular weight is 309 g/mol. The van der Waals surface area contributed by atoms with Crippen LogP contribution in [0.25, 0.3) is 0 Å². The lowest BCUT2D eigenvalue weighted by Crippen LogP contribution is -2.71. The molecule has 2 aliphatic heterocycles. The van der Waals surface area contributed by atoms with E-state index in [0.717, 1.165) is 19.0 Å². The number of piperazine rings is 2. The zero-order valence-electron chi connectivity index (χ0n) is 13.3. The summed E-state index contributed by atoms with van der Waals surface area (Å²) in [7, 11) is 0. The number of rotatable bonds is 3. The van der Waals surface area contributed by atoms with E-state index in [1.165, 1.54) is 32.1 Å². The van der Waals surface area contributed by atoms with Gasteiger partial charge in [0.15, 0.2) is 0 Å². The van der Waals surface area contributed by atoms with E-state index in [2.05, 4.69) is 10.2 Å². The Hall–Kier alpha value is -1.14. The molecule has 0 aromatic heterocycles.